The molecule has 2 aliphatic heterocycles. The van der Waals surface area contributed by atoms with Gasteiger partial charge in [0.25, 0.3) is 0 Å². The van der Waals surface area contributed by atoms with Gasteiger partial charge in [-0.25, -0.2) is 4.98 Å². The zero-order valence-corrected chi connectivity index (χ0v) is 26.5. The molecule has 0 saturated carbocycles. The van der Waals surface area contributed by atoms with Crippen molar-refractivity contribution in [2.45, 2.75) is 57.2 Å². The minimum atomic E-state index is -4.47. The van der Waals surface area contributed by atoms with Gasteiger partial charge in [0.05, 0.1) is 32.0 Å². The number of rotatable bonds is 12. The van der Waals surface area contributed by atoms with E-state index in [2.05, 4.69) is 46.3 Å². The van der Waals surface area contributed by atoms with E-state index in [1.807, 2.05) is 59.5 Å². The molecular formula is C38H42F3N3O3. The number of hydrogen-bond donors (Lipinski definition) is 0. The van der Waals surface area contributed by atoms with Gasteiger partial charge in [-0.05, 0) is 47.6 Å². The number of anilines is 1. The van der Waals surface area contributed by atoms with Crippen molar-refractivity contribution in [2.75, 3.05) is 37.6 Å². The van der Waals surface area contributed by atoms with Crippen LogP contribution in [0.1, 0.15) is 35.2 Å². The first-order chi connectivity index (χ1) is 22.9. The Morgan fingerprint density at radius 2 is 1.17 bits per heavy atom. The molecule has 2 saturated heterocycles. The summed E-state index contributed by atoms with van der Waals surface area (Å²) < 4.78 is 60.1. The summed E-state index contributed by atoms with van der Waals surface area (Å²) in [7, 11) is 0. The molecule has 0 radical (unpaired) electrons. The van der Waals surface area contributed by atoms with Gasteiger partial charge in [-0.1, -0.05) is 97.1 Å². The second-order valence-electron chi connectivity index (χ2n) is 12.5. The maximum absolute atomic E-state index is 13.4. The van der Waals surface area contributed by atoms with Crippen molar-refractivity contribution in [1.29, 1.82) is 0 Å². The van der Waals surface area contributed by atoms with Gasteiger partial charge >= 0.3 is 6.18 Å². The number of likely N-dealkylation sites (tertiary alicyclic amines) is 1. The number of piperidine rings is 2. The molecule has 0 amide bonds. The molecule has 3 atom stereocenters. The average Bonchev–Trinajstić information content (AvgIpc) is 3.10. The highest BCUT2D eigenvalue weighted by Gasteiger charge is 2.40. The van der Waals surface area contributed by atoms with E-state index in [1.165, 1.54) is 6.07 Å². The van der Waals surface area contributed by atoms with E-state index < -0.39 is 11.9 Å². The molecule has 47 heavy (non-hydrogen) atoms. The third-order valence-corrected chi connectivity index (χ3v) is 8.89. The molecule has 2 fully saturated rings. The number of alkyl halides is 3. The Hall–Kier alpha value is -3.76. The lowest BCUT2D eigenvalue weighted by molar-refractivity contribution is -0.185. The van der Waals surface area contributed by atoms with E-state index in [0.717, 1.165) is 42.1 Å². The summed E-state index contributed by atoms with van der Waals surface area (Å²) in [6, 6.07) is 34.5. The van der Waals surface area contributed by atoms with Crippen LogP contribution in [0.2, 0.25) is 0 Å². The van der Waals surface area contributed by atoms with Gasteiger partial charge in [0.2, 0.25) is 0 Å². The molecule has 9 heteroatoms. The highest BCUT2D eigenvalue weighted by Crippen LogP contribution is 2.31. The van der Waals surface area contributed by atoms with Crippen molar-refractivity contribution >= 4 is 5.82 Å². The number of nitrogens with zero attached hydrogens (tertiary/aromatic N) is 3. The third-order valence-electron chi connectivity index (χ3n) is 8.89. The van der Waals surface area contributed by atoms with Crippen molar-refractivity contribution in [3.8, 4) is 0 Å². The van der Waals surface area contributed by atoms with Crippen molar-refractivity contribution in [3.05, 3.63) is 132 Å². The first kappa shape index (κ1) is 33.2. The van der Waals surface area contributed by atoms with Crippen LogP contribution in [0.15, 0.2) is 109 Å². The molecule has 0 spiro atoms. The number of hydrogen-bond acceptors (Lipinski definition) is 6. The Kier molecular flexibility index (Phi) is 11.2. The van der Waals surface area contributed by atoms with Gasteiger partial charge in [0.1, 0.15) is 17.6 Å². The number of benzene rings is 3. The van der Waals surface area contributed by atoms with Gasteiger partial charge in [0, 0.05) is 32.7 Å². The van der Waals surface area contributed by atoms with Crippen molar-refractivity contribution in [2.24, 2.45) is 5.92 Å². The number of aromatic nitrogens is 1. The number of halogens is 3. The summed E-state index contributed by atoms with van der Waals surface area (Å²) in [6.45, 7) is 4.78. The first-order valence-electron chi connectivity index (χ1n) is 16.4. The zero-order valence-electron chi connectivity index (χ0n) is 26.5. The fourth-order valence-corrected chi connectivity index (χ4v) is 6.56. The molecule has 3 heterocycles. The zero-order chi connectivity index (χ0) is 32.5. The van der Waals surface area contributed by atoms with Gasteiger partial charge in [-0.2, -0.15) is 13.2 Å². The van der Waals surface area contributed by atoms with Crippen LogP contribution in [0.25, 0.3) is 0 Å². The van der Waals surface area contributed by atoms with Crippen LogP contribution in [-0.4, -0.2) is 60.9 Å². The summed E-state index contributed by atoms with van der Waals surface area (Å²) in [4.78, 5) is 8.35. The molecule has 0 N–H and O–H groups in total. The second kappa shape index (κ2) is 15.9. The fourth-order valence-electron chi connectivity index (χ4n) is 6.56. The van der Waals surface area contributed by atoms with Crippen LogP contribution in [0.5, 0.6) is 0 Å². The van der Waals surface area contributed by atoms with Crippen LogP contribution in [-0.2, 0) is 40.2 Å². The highest BCUT2D eigenvalue weighted by molar-refractivity contribution is 5.40. The van der Waals surface area contributed by atoms with Crippen molar-refractivity contribution in [1.82, 2.24) is 9.88 Å². The predicted molar refractivity (Wildman–Crippen MR) is 176 cm³/mol. The Balaban J connectivity index is 1.19. The predicted octanol–water partition coefficient (Wildman–Crippen LogP) is 7.39. The Morgan fingerprint density at radius 3 is 1.70 bits per heavy atom. The van der Waals surface area contributed by atoms with Crippen LogP contribution >= 0.6 is 0 Å². The second-order valence-corrected chi connectivity index (χ2v) is 12.5. The van der Waals surface area contributed by atoms with Crippen LogP contribution in [0, 0.1) is 5.92 Å². The van der Waals surface area contributed by atoms with Gasteiger partial charge in [0.15, 0.2) is 0 Å². The van der Waals surface area contributed by atoms with Gasteiger partial charge in [-0.3, -0.25) is 4.90 Å². The Bertz CT molecular complexity index is 1460. The lowest BCUT2D eigenvalue weighted by atomic mass is 9.94. The molecule has 0 unspecified atom stereocenters. The smallest absolute Gasteiger partial charge is 0.369 e. The van der Waals surface area contributed by atoms with Crippen LogP contribution < -0.4 is 4.90 Å². The minimum absolute atomic E-state index is 0.252. The number of ether oxygens (including phenoxy) is 3. The Labute approximate surface area is 275 Å². The van der Waals surface area contributed by atoms with Gasteiger partial charge in [-0.15, -0.1) is 0 Å². The third kappa shape index (κ3) is 9.41. The molecule has 4 aromatic rings. The average molecular weight is 646 g/mol. The van der Waals surface area contributed by atoms with Crippen molar-refractivity contribution in [3.63, 3.8) is 0 Å². The molecule has 3 aromatic carbocycles. The summed E-state index contributed by atoms with van der Waals surface area (Å²) in [5.74, 6) is 0.636. The summed E-state index contributed by atoms with van der Waals surface area (Å²) in [6.07, 6.45) is -3.39. The van der Waals surface area contributed by atoms with Crippen LogP contribution in [0.4, 0.5) is 19.0 Å². The molecule has 0 aliphatic carbocycles. The topological polar surface area (TPSA) is 47.1 Å². The standard InChI is InChI=1S/C38H42F3N3O3/c39-38(40,41)35-19-10-20-36(42-35)44-21-11-18-32(23-44)22-43-24-33(45-26-29-12-4-1-5-13-29)37(47-28-31-16-8-3-9-17-31)34(25-43)46-27-30-14-6-2-7-15-30/h1-10,12-17,19-20,32-34,37H,11,18,21-28H2/t32-,33-,34-/m1/s1. The fraction of sp³-hybridized carbons (Fsp3) is 0.395. The van der Waals surface area contributed by atoms with E-state index in [0.29, 0.717) is 51.8 Å². The molecule has 6 nitrogen and oxygen atoms in total. The minimum Gasteiger partial charge on any atom is -0.369 e. The molecule has 0 bridgehead atoms. The lowest BCUT2D eigenvalue weighted by Crippen LogP contribution is -2.59. The Morgan fingerprint density at radius 1 is 0.638 bits per heavy atom. The largest absolute Gasteiger partial charge is 0.433 e. The first-order valence-corrected chi connectivity index (χ1v) is 16.4. The normalized spacial score (nSPS) is 21.2. The highest BCUT2D eigenvalue weighted by atomic mass is 19.4. The molecule has 6 rings (SSSR count). The molecular weight excluding hydrogens is 603 g/mol. The summed E-state index contributed by atoms with van der Waals surface area (Å²) in [5.41, 5.74) is 2.41. The van der Waals surface area contributed by atoms with E-state index in [1.54, 1.807) is 6.07 Å². The molecule has 2 aliphatic rings. The van der Waals surface area contributed by atoms with Crippen molar-refractivity contribution < 1.29 is 27.4 Å². The van der Waals surface area contributed by atoms with E-state index in [4.69, 9.17) is 14.2 Å². The summed E-state index contributed by atoms with van der Waals surface area (Å²) in [5, 5.41) is 0. The molecule has 1 aromatic heterocycles. The van der Waals surface area contributed by atoms with E-state index >= 15 is 0 Å². The maximum Gasteiger partial charge on any atom is 0.433 e. The number of pyridine rings is 1. The van der Waals surface area contributed by atoms with E-state index in [9.17, 15) is 13.2 Å². The van der Waals surface area contributed by atoms with Gasteiger partial charge < -0.3 is 19.1 Å². The maximum atomic E-state index is 13.4. The monoisotopic (exact) mass is 645 g/mol. The quantitative estimate of drug-likeness (QED) is 0.160. The van der Waals surface area contributed by atoms with Crippen LogP contribution in [0.3, 0.4) is 0 Å². The summed E-state index contributed by atoms with van der Waals surface area (Å²) >= 11 is 0. The van der Waals surface area contributed by atoms with E-state index in [-0.39, 0.29) is 24.2 Å². The SMILES string of the molecule is FC(F)(F)c1cccc(N2CCC[C@H](CN3C[C@@H](OCc4ccccc4)C(OCc4ccccc4)[C@H](OCc4ccccc4)C3)C2)n1. The molecule has 248 valence electrons. The lowest BCUT2D eigenvalue weighted by Gasteiger charge is -2.45.